The van der Waals surface area contributed by atoms with Crippen LogP contribution in [-0.2, 0) is 16.6 Å². The fourth-order valence-electron chi connectivity index (χ4n) is 4.80. The van der Waals surface area contributed by atoms with Crippen molar-refractivity contribution in [3.63, 3.8) is 0 Å². The molecule has 1 aliphatic rings. The summed E-state index contributed by atoms with van der Waals surface area (Å²) in [5, 5.41) is 17.6. The molecule has 9 heteroatoms. The normalized spacial score (nSPS) is 16.2. The molecule has 38 heavy (non-hydrogen) atoms. The van der Waals surface area contributed by atoms with Gasteiger partial charge in [0.25, 0.3) is 5.91 Å². The molecule has 5 rings (SSSR count). The largest absolute Gasteiger partial charge is 0.395 e. The predicted molar refractivity (Wildman–Crippen MR) is 148 cm³/mol. The molecule has 2 heterocycles. The van der Waals surface area contributed by atoms with Crippen LogP contribution in [0.5, 0.6) is 0 Å². The highest BCUT2D eigenvalue weighted by atomic mass is 32.1. The van der Waals surface area contributed by atoms with E-state index in [0.29, 0.717) is 10.7 Å². The van der Waals surface area contributed by atoms with Gasteiger partial charge in [0.1, 0.15) is 5.82 Å². The molecule has 1 aliphatic carbocycles. The molecule has 0 fully saturated rings. The Morgan fingerprint density at radius 3 is 2.58 bits per heavy atom. The van der Waals surface area contributed by atoms with Gasteiger partial charge in [0.2, 0.25) is 5.91 Å². The van der Waals surface area contributed by atoms with Crippen LogP contribution in [0.2, 0.25) is 0 Å². The van der Waals surface area contributed by atoms with Gasteiger partial charge in [0, 0.05) is 33.2 Å². The number of thiazole rings is 1. The van der Waals surface area contributed by atoms with Gasteiger partial charge in [0.15, 0.2) is 5.13 Å². The van der Waals surface area contributed by atoms with Gasteiger partial charge in [0.05, 0.1) is 24.5 Å². The van der Waals surface area contributed by atoms with Crippen LogP contribution < -0.4 is 10.6 Å². The minimum atomic E-state index is -0.360. The van der Waals surface area contributed by atoms with Crippen molar-refractivity contribution in [3.05, 3.63) is 82.1 Å². The molecule has 2 amide bonds. The van der Waals surface area contributed by atoms with Gasteiger partial charge in [-0.15, -0.1) is 11.3 Å². The molecule has 1 atom stereocenters. The molecule has 0 aliphatic heterocycles. The maximum Gasteiger partial charge on any atom is 0.251 e. The number of aliphatic hydroxyl groups is 1. The number of amides is 2. The molecule has 0 spiro atoms. The summed E-state index contributed by atoms with van der Waals surface area (Å²) >= 11 is 1.32. The highest BCUT2D eigenvalue weighted by Gasteiger charge is 2.34. The summed E-state index contributed by atoms with van der Waals surface area (Å²) in [7, 11) is 0. The number of aliphatic hydroxyl groups excluding tert-OH is 1. The summed E-state index contributed by atoms with van der Waals surface area (Å²) in [4.78, 5) is 38.7. The van der Waals surface area contributed by atoms with E-state index in [1.54, 1.807) is 6.07 Å². The highest BCUT2D eigenvalue weighted by Crippen LogP contribution is 2.38. The quantitative estimate of drug-likeness (QED) is 0.327. The third-order valence-electron chi connectivity index (χ3n) is 6.90. The highest BCUT2D eigenvalue weighted by molar-refractivity contribution is 7.14. The van der Waals surface area contributed by atoms with Crippen LogP contribution >= 0.6 is 11.3 Å². The molecule has 194 valence electrons. The molecule has 2 aromatic heterocycles. The Morgan fingerprint density at radius 2 is 1.82 bits per heavy atom. The van der Waals surface area contributed by atoms with E-state index < -0.39 is 0 Å². The van der Waals surface area contributed by atoms with E-state index in [1.165, 1.54) is 11.3 Å². The zero-order chi connectivity index (χ0) is 26.9. The minimum absolute atomic E-state index is 0.0353. The maximum absolute atomic E-state index is 12.7. The summed E-state index contributed by atoms with van der Waals surface area (Å²) in [5.74, 6) is 0.0271. The number of fused-ring (bicyclic) bond motifs is 1. The van der Waals surface area contributed by atoms with E-state index >= 15 is 0 Å². The third-order valence-corrected chi connectivity index (χ3v) is 7.66. The molecule has 3 N–H and O–H groups in total. The Hall–Kier alpha value is -3.95. The average Bonchev–Trinajstić information content (AvgIpc) is 3.51. The fourth-order valence-corrected chi connectivity index (χ4v) is 5.54. The molecule has 2 aromatic carbocycles. The molecule has 0 saturated carbocycles. The summed E-state index contributed by atoms with van der Waals surface area (Å²) in [5.41, 5.74) is 6.66. The van der Waals surface area contributed by atoms with Crippen LogP contribution in [0.25, 0.3) is 22.5 Å². The van der Waals surface area contributed by atoms with Crippen molar-refractivity contribution in [1.82, 2.24) is 20.3 Å². The number of aromatic nitrogens is 3. The van der Waals surface area contributed by atoms with Crippen molar-refractivity contribution in [2.75, 3.05) is 18.5 Å². The number of carbonyl (C=O) groups excluding carboxylic acids is 2. The lowest BCUT2D eigenvalue weighted by Crippen LogP contribution is -2.33. The zero-order valence-corrected chi connectivity index (χ0v) is 22.4. The van der Waals surface area contributed by atoms with Crippen LogP contribution in [-0.4, -0.2) is 45.0 Å². The van der Waals surface area contributed by atoms with E-state index in [-0.39, 0.29) is 30.4 Å². The number of nitrogens with one attached hydrogen (secondary N) is 2. The first-order valence-corrected chi connectivity index (χ1v) is 13.3. The van der Waals surface area contributed by atoms with Crippen molar-refractivity contribution in [3.8, 4) is 22.5 Å². The smallest absolute Gasteiger partial charge is 0.251 e. The van der Waals surface area contributed by atoms with E-state index in [9.17, 15) is 14.7 Å². The number of hydrogen-bond acceptors (Lipinski definition) is 7. The molecular formula is C29H29N5O3S. The lowest BCUT2D eigenvalue weighted by atomic mass is 9.84. The van der Waals surface area contributed by atoms with Gasteiger partial charge in [-0.3, -0.25) is 9.59 Å². The first-order valence-electron chi connectivity index (χ1n) is 12.4. The maximum atomic E-state index is 12.7. The first-order chi connectivity index (χ1) is 18.2. The van der Waals surface area contributed by atoms with Crippen molar-refractivity contribution in [1.29, 1.82) is 0 Å². The average molecular weight is 528 g/mol. The number of benzene rings is 2. The molecule has 8 nitrogen and oxygen atoms in total. The van der Waals surface area contributed by atoms with E-state index in [2.05, 4.69) is 25.6 Å². The van der Waals surface area contributed by atoms with Crippen LogP contribution in [0, 0.1) is 13.8 Å². The Bertz CT molecular complexity index is 1510. The molecule has 0 radical (unpaired) electrons. The lowest BCUT2D eigenvalue weighted by Gasteiger charge is -2.22. The van der Waals surface area contributed by atoms with Crippen LogP contribution in [0.4, 0.5) is 5.13 Å². The Labute approximate surface area is 225 Å². The topological polar surface area (TPSA) is 117 Å². The molecule has 0 saturated heterocycles. The van der Waals surface area contributed by atoms with E-state index in [4.69, 9.17) is 0 Å². The summed E-state index contributed by atoms with van der Waals surface area (Å²) in [6.07, 6.45) is 1.74. The molecule has 4 aromatic rings. The van der Waals surface area contributed by atoms with Gasteiger partial charge < -0.3 is 15.7 Å². The number of hydrogen-bond donors (Lipinski definition) is 3. The molecule has 0 unspecified atom stereocenters. The number of rotatable bonds is 7. The number of carbonyl (C=O) groups is 2. The Morgan fingerprint density at radius 1 is 1.03 bits per heavy atom. The first kappa shape index (κ1) is 25.7. The fraction of sp³-hybridized carbons (Fsp3) is 0.276. The number of aryl methyl sites for hydroxylation is 3. The van der Waals surface area contributed by atoms with Gasteiger partial charge in [-0.1, -0.05) is 31.2 Å². The zero-order valence-electron chi connectivity index (χ0n) is 21.5. The van der Waals surface area contributed by atoms with Crippen molar-refractivity contribution in [2.45, 2.75) is 39.0 Å². The van der Waals surface area contributed by atoms with Crippen molar-refractivity contribution in [2.24, 2.45) is 0 Å². The summed E-state index contributed by atoms with van der Waals surface area (Å²) in [6.45, 7) is 5.68. The lowest BCUT2D eigenvalue weighted by molar-refractivity contribution is -0.115. The second kappa shape index (κ2) is 10.4. The van der Waals surface area contributed by atoms with Crippen molar-refractivity contribution < 1.29 is 14.7 Å². The van der Waals surface area contributed by atoms with Crippen LogP contribution in [0.1, 0.15) is 46.3 Å². The molecule has 0 bridgehead atoms. The third kappa shape index (κ3) is 5.34. The monoisotopic (exact) mass is 527 g/mol. The van der Waals surface area contributed by atoms with Crippen LogP contribution in [0.15, 0.2) is 53.9 Å². The van der Waals surface area contributed by atoms with Gasteiger partial charge in [-0.2, -0.15) is 0 Å². The van der Waals surface area contributed by atoms with Gasteiger partial charge in [-0.05, 0) is 62.1 Å². The van der Waals surface area contributed by atoms with E-state index in [1.807, 2.05) is 68.6 Å². The van der Waals surface area contributed by atoms with Gasteiger partial charge in [-0.25, -0.2) is 15.0 Å². The number of nitrogens with zero attached hydrogens (tertiary/aromatic N) is 3. The van der Waals surface area contributed by atoms with E-state index in [0.717, 1.165) is 58.0 Å². The Kier molecular flexibility index (Phi) is 7.05. The van der Waals surface area contributed by atoms with Crippen LogP contribution in [0.3, 0.4) is 0 Å². The minimum Gasteiger partial charge on any atom is -0.395 e. The molecular weight excluding hydrogens is 498 g/mol. The van der Waals surface area contributed by atoms with Gasteiger partial charge >= 0.3 is 0 Å². The second-order valence-corrected chi connectivity index (χ2v) is 10.7. The summed E-state index contributed by atoms with van der Waals surface area (Å²) in [6, 6.07) is 15.4. The Balaban J connectivity index is 1.21. The van der Waals surface area contributed by atoms with Crippen molar-refractivity contribution >= 4 is 28.3 Å². The number of anilines is 1. The predicted octanol–water partition coefficient (Wildman–Crippen LogP) is 4.45. The summed E-state index contributed by atoms with van der Waals surface area (Å²) < 4.78 is 0. The standard InChI is InChI=1S/C29H29N5O3S/c1-17-11-24(32-18(2)31-17)20-5-4-6-21(12-20)25-15-38-28(33-25)34-26(36)14-30-27(37)22-8-7-19-9-10-29(3,16-35)23(19)13-22/h4-8,11-13,15,35H,9-10,14,16H2,1-3H3,(H,30,37)(H,33,34,36)/t29-/m0/s1. The second-order valence-electron chi connectivity index (χ2n) is 9.88. The SMILES string of the molecule is Cc1cc(-c2cccc(-c3csc(NC(=O)CNC(=O)c4ccc5c(c4)[C@](C)(CO)CC5)n3)c2)nc(C)n1.